The van der Waals surface area contributed by atoms with Gasteiger partial charge in [-0.05, 0) is 18.9 Å². The zero-order valence-corrected chi connectivity index (χ0v) is 10.3. The number of phenolic OH excluding ortho intramolecular Hbond substituents is 1. The molecule has 1 N–H and O–H groups in total. The van der Waals surface area contributed by atoms with E-state index in [-0.39, 0.29) is 11.7 Å². The molecular weight excluding hydrogens is 228 g/mol. The summed E-state index contributed by atoms with van der Waals surface area (Å²) in [5.74, 6) is 0.364. The maximum Gasteiger partial charge on any atom is 0.165 e. The summed E-state index contributed by atoms with van der Waals surface area (Å²) in [4.78, 5) is 10.5. The molecule has 1 atom stereocenters. The fraction of sp³-hybridized carbons (Fsp3) is 0.417. The van der Waals surface area contributed by atoms with Crippen molar-refractivity contribution >= 4 is 17.9 Å². The van der Waals surface area contributed by atoms with E-state index in [1.54, 1.807) is 13.0 Å². The molecule has 1 rings (SSSR count). The lowest BCUT2D eigenvalue weighted by atomic mass is 9.95. The molecule has 1 aromatic rings. The van der Waals surface area contributed by atoms with Gasteiger partial charge in [-0.1, -0.05) is 18.5 Å². The van der Waals surface area contributed by atoms with Gasteiger partial charge in [0.15, 0.2) is 11.5 Å². The van der Waals surface area contributed by atoms with Crippen molar-refractivity contribution in [1.29, 1.82) is 0 Å². The Hall–Kier alpha value is -1.22. The Labute approximate surface area is 100.0 Å². The van der Waals surface area contributed by atoms with Gasteiger partial charge in [0, 0.05) is 22.6 Å². The number of phenols is 1. The molecule has 88 valence electrons. The molecule has 0 aliphatic rings. The SMILES string of the molecule is COc1c(C)c(Cl)cc(C(C)CC=O)c1O. The Morgan fingerprint density at radius 1 is 1.62 bits per heavy atom. The number of aldehydes is 1. The summed E-state index contributed by atoms with van der Waals surface area (Å²) < 4.78 is 5.10. The zero-order valence-electron chi connectivity index (χ0n) is 9.58. The van der Waals surface area contributed by atoms with Crippen LogP contribution in [0.2, 0.25) is 5.02 Å². The number of benzene rings is 1. The molecule has 3 nitrogen and oxygen atoms in total. The summed E-state index contributed by atoms with van der Waals surface area (Å²) in [5, 5.41) is 10.5. The van der Waals surface area contributed by atoms with E-state index in [9.17, 15) is 9.90 Å². The molecule has 16 heavy (non-hydrogen) atoms. The summed E-state index contributed by atoms with van der Waals surface area (Å²) in [6, 6.07) is 1.68. The molecule has 1 unspecified atom stereocenters. The van der Waals surface area contributed by atoms with Crippen molar-refractivity contribution in [3.8, 4) is 11.5 Å². The molecule has 1 aromatic carbocycles. The first kappa shape index (κ1) is 12.8. The van der Waals surface area contributed by atoms with Crippen molar-refractivity contribution in [2.45, 2.75) is 26.2 Å². The van der Waals surface area contributed by atoms with Crippen LogP contribution in [-0.4, -0.2) is 18.5 Å². The van der Waals surface area contributed by atoms with E-state index in [1.807, 2.05) is 6.92 Å². The molecule has 0 spiro atoms. The normalized spacial score (nSPS) is 12.2. The maximum absolute atomic E-state index is 10.5. The second kappa shape index (κ2) is 5.21. The predicted octanol–water partition coefficient (Wildman–Crippen LogP) is 3.06. The quantitative estimate of drug-likeness (QED) is 0.826. The van der Waals surface area contributed by atoms with E-state index >= 15 is 0 Å². The molecule has 0 saturated heterocycles. The standard InChI is InChI=1S/C12H15ClO3/c1-7(4-5-14)9-6-10(13)8(2)12(16-3)11(9)15/h5-7,15H,4H2,1-3H3. The van der Waals surface area contributed by atoms with Crippen molar-refractivity contribution in [1.82, 2.24) is 0 Å². The van der Waals surface area contributed by atoms with Crippen LogP contribution < -0.4 is 4.74 Å². The van der Waals surface area contributed by atoms with Gasteiger partial charge >= 0.3 is 0 Å². The Morgan fingerprint density at radius 2 is 2.25 bits per heavy atom. The lowest BCUT2D eigenvalue weighted by Gasteiger charge is -2.16. The molecule has 0 amide bonds. The van der Waals surface area contributed by atoms with E-state index < -0.39 is 0 Å². The maximum atomic E-state index is 10.5. The van der Waals surface area contributed by atoms with Crippen LogP contribution in [0.15, 0.2) is 6.07 Å². The molecule has 0 bridgehead atoms. The molecule has 0 heterocycles. The first-order valence-corrected chi connectivity index (χ1v) is 5.40. The van der Waals surface area contributed by atoms with Gasteiger partial charge in [0.1, 0.15) is 6.29 Å². The van der Waals surface area contributed by atoms with Crippen LogP contribution in [0.1, 0.15) is 30.4 Å². The lowest BCUT2D eigenvalue weighted by molar-refractivity contribution is -0.108. The highest BCUT2D eigenvalue weighted by Crippen LogP contribution is 2.41. The third kappa shape index (κ3) is 2.30. The van der Waals surface area contributed by atoms with Gasteiger partial charge in [0.05, 0.1) is 7.11 Å². The molecule has 0 saturated carbocycles. The summed E-state index contributed by atoms with van der Waals surface area (Å²) in [6.07, 6.45) is 1.17. The topological polar surface area (TPSA) is 46.5 Å². The average Bonchev–Trinajstić information content (AvgIpc) is 2.24. The number of carbonyl (C=O) groups excluding carboxylic acids is 1. The van der Waals surface area contributed by atoms with Gasteiger partial charge < -0.3 is 14.6 Å². The van der Waals surface area contributed by atoms with Gasteiger partial charge in [-0.25, -0.2) is 0 Å². The van der Waals surface area contributed by atoms with Crippen molar-refractivity contribution in [2.75, 3.05) is 7.11 Å². The van der Waals surface area contributed by atoms with E-state index in [0.29, 0.717) is 28.3 Å². The Bertz CT molecular complexity index is 402. The van der Waals surface area contributed by atoms with Crippen LogP contribution in [0.25, 0.3) is 0 Å². The largest absolute Gasteiger partial charge is 0.504 e. The average molecular weight is 243 g/mol. The molecule has 0 aromatic heterocycles. The van der Waals surface area contributed by atoms with E-state index in [4.69, 9.17) is 16.3 Å². The third-order valence-corrected chi connectivity index (χ3v) is 3.05. The minimum absolute atomic E-state index is 0.0683. The van der Waals surface area contributed by atoms with Crippen LogP contribution in [0.5, 0.6) is 11.5 Å². The van der Waals surface area contributed by atoms with Crippen LogP contribution in [0, 0.1) is 6.92 Å². The van der Waals surface area contributed by atoms with E-state index in [0.717, 1.165) is 6.29 Å². The fourth-order valence-electron chi connectivity index (χ4n) is 1.63. The van der Waals surface area contributed by atoms with Crippen molar-refractivity contribution < 1.29 is 14.6 Å². The van der Waals surface area contributed by atoms with Gasteiger partial charge in [0.2, 0.25) is 0 Å². The van der Waals surface area contributed by atoms with Crippen molar-refractivity contribution in [3.05, 3.63) is 22.2 Å². The third-order valence-electron chi connectivity index (χ3n) is 2.65. The van der Waals surface area contributed by atoms with E-state index in [1.165, 1.54) is 7.11 Å². The van der Waals surface area contributed by atoms with Crippen LogP contribution in [0.3, 0.4) is 0 Å². The lowest BCUT2D eigenvalue weighted by Crippen LogP contribution is -1.99. The first-order chi connectivity index (χ1) is 7.52. The van der Waals surface area contributed by atoms with E-state index in [2.05, 4.69) is 0 Å². The number of methoxy groups -OCH3 is 1. The van der Waals surface area contributed by atoms with Gasteiger partial charge in [-0.3, -0.25) is 0 Å². The Morgan fingerprint density at radius 3 is 2.75 bits per heavy atom. The number of rotatable bonds is 4. The number of carbonyl (C=O) groups is 1. The van der Waals surface area contributed by atoms with Crippen LogP contribution in [0.4, 0.5) is 0 Å². The monoisotopic (exact) mass is 242 g/mol. The smallest absolute Gasteiger partial charge is 0.165 e. The number of hydrogen-bond acceptors (Lipinski definition) is 3. The summed E-state index contributed by atoms with van der Waals surface area (Å²) >= 11 is 6.03. The molecule has 0 aliphatic heterocycles. The molecule has 0 fully saturated rings. The summed E-state index contributed by atoms with van der Waals surface area (Å²) in [6.45, 7) is 3.63. The summed E-state index contributed by atoms with van der Waals surface area (Å²) in [7, 11) is 1.48. The van der Waals surface area contributed by atoms with Crippen molar-refractivity contribution in [3.63, 3.8) is 0 Å². The zero-order chi connectivity index (χ0) is 12.3. The highest BCUT2D eigenvalue weighted by atomic mass is 35.5. The number of ether oxygens (including phenoxy) is 1. The minimum Gasteiger partial charge on any atom is -0.504 e. The van der Waals surface area contributed by atoms with Gasteiger partial charge in [0.25, 0.3) is 0 Å². The van der Waals surface area contributed by atoms with Gasteiger partial charge in [-0.2, -0.15) is 0 Å². The minimum atomic E-state index is -0.0792. The fourth-order valence-corrected chi connectivity index (χ4v) is 1.83. The second-order valence-corrected chi connectivity index (χ2v) is 4.17. The second-order valence-electron chi connectivity index (χ2n) is 3.76. The summed E-state index contributed by atoms with van der Waals surface area (Å²) in [5.41, 5.74) is 1.34. The van der Waals surface area contributed by atoms with Crippen LogP contribution >= 0.6 is 11.6 Å². The highest BCUT2D eigenvalue weighted by Gasteiger charge is 2.18. The molecular formula is C12H15ClO3. The number of halogens is 1. The predicted molar refractivity (Wildman–Crippen MR) is 63.5 cm³/mol. The number of aromatic hydroxyl groups is 1. The molecule has 0 radical (unpaired) electrons. The Kier molecular flexibility index (Phi) is 4.19. The molecule has 0 aliphatic carbocycles. The van der Waals surface area contributed by atoms with Crippen molar-refractivity contribution in [2.24, 2.45) is 0 Å². The highest BCUT2D eigenvalue weighted by molar-refractivity contribution is 6.31. The first-order valence-electron chi connectivity index (χ1n) is 5.02. The number of hydrogen-bond donors (Lipinski definition) is 1. The van der Waals surface area contributed by atoms with Crippen LogP contribution in [-0.2, 0) is 4.79 Å². The molecule has 4 heteroatoms. The Balaban J connectivity index is 3.30. The van der Waals surface area contributed by atoms with Gasteiger partial charge in [-0.15, -0.1) is 0 Å².